The van der Waals surface area contributed by atoms with Gasteiger partial charge >= 0.3 is 0 Å². The largest absolute Gasteiger partial charge is 0.465 e. The van der Waals surface area contributed by atoms with Crippen LogP contribution in [0, 0.1) is 6.92 Å². The van der Waals surface area contributed by atoms with Crippen LogP contribution in [-0.2, 0) is 4.74 Å². The zero-order valence-corrected chi connectivity index (χ0v) is 18.0. The van der Waals surface area contributed by atoms with Gasteiger partial charge in [0.2, 0.25) is 0 Å². The Kier molecular flexibility index (Phi) is 8.65. The van der Waals surface area contributed by atoms with E-state index in [0.29, 0.717) is 13.1 Å². The van der Waals surface area contributed by atoms with Crippen LogP contribution >= 0.6 is 24.0 Å². The molecule has 0 spiro atoms. The number of aryl methyl sites for hydroxylation is 1. The maximum absolute atomic E-state index is 9.82. The predicted molar refractivity (Wildman–Crippen MR) is 112 cm³/mol. The third kappa shape index (κ3) is 5.58. The molecular formula is C18H31IN4O3. The Morgan fingerprint density at radius 1 is 1.35 bits per heavy atom. The van der Waals surface area contributed by atoms with E-state index in [4.69, 9.17) is 14.1 Å². The average Bonchev–Trinajstić information content (AvgIpc) is 3.24. The van der Waals surface area contributed by atoms with Crippen molar-refractivity contribution in [3.63, 3.8) is 0 Å². The van der Waals surface area contributed by atoms with Crippen LogP contribution in [0.4, 0.5) is 0 Å². The summed E-state index contributed by atoms with van der Waals surface area (Å²) in [5.41, 5.74) is 0. The van der Waals surface area contributed by atoms with Crippen molar-refractivity contribution in [1.82, 2.24) is 15.1 Å². The van der Waals surface area contributed by atoms with Crippen LogP contribution in [0.3, 0.4) is 0 Å². The molecule has 2 saturated heterocycles. The van der Waals surface area contributed by atoms with Gasteiger partial charge in [0.05, 0.1) is 31.9 Å². The van der Waals surface area contributed by atoms with E-state index in [1.807, 2.05) is 13.0 Å². The number of β-amino-alcohol motifs (C(OH)–C–C–N with tert-alkyl or cyclic N) is 1. The molecule has 8 heteroatoms. The van der Waals surface area contributed by atoms with Gasteiger partial charge in [-0.25, -0.2) is 0 Å². The van der Waals surface area contributed by atoms with Gasteiger partial charge in [0.15, 0.2) is 5.96 Å². The average molecular weight is 478 g/mol. The van der Waals surface area contributed by atoms with Crippen LogP contribution in [0.2, 0.25) is 0 Å². The summed E-state index contributed by atoms with van der Waals surface area (Å²) in [7, 11) is 0. The van der Waals surface area contributed by atoms with Crippen molar-refractivity contribution in [2.75, 3.05) is 52.5 Å². The molecule has 0 aliphatic carbocycles. The van der Waals surface area contributed by atoms with Crippen LogP contribution in [0.5, 0.6) is 0 Å². The van der Waals surface area contributed by atoms with Gasteiger partial charge in [-0.15, -0.1) is 24.0 Å². The first kappa shape index (κ1) is 21.5. The minimum atomic E-state index is -0.258. The number of nitrogens with one attached hydrogen (secondary N) is 1. The topological polar surface area (TPSA) is 73.5 Å². The Bertz CT molecular complexity index is 575. The smallest absolute Gasteiger partial charge is 0.194 e. The Hall–Kier alpha value is -0.840. The van der Waals surface area contributed by atoms with E-state index in [-0.39, 0.29) is 36.1 Å². The number of halogens is 1. The van der Waals surface area contributed by atoms with Crippen molar-refractivity contribution in [2.24, 2.45) is 4.99 Å². The minimum absolute atomic E-state index is 0. The van der Waals surface area contributed by atoms with Gasteiger partial charge in [0, 0.05) is 32.7 Å². The van der Waals surface area contributed by atoms with Gasteiger partial charge < -0.3 is 24.5 Å². The highest BCUT2D eigenvalue weighted by Crippen LogP contribution is 2.24. The number of nitrogens with zero attached hydrogens (tertiary/aromatic N) is 3. The lowest BCUT2D eigenvalue weighted by atomic mass is 10.1. The highest BCUT2D eigenvalue weighted by atomic mass is 127. The standard InChI is InChI=1S/C18H30N4O3.HI/c1-3-19-18(22-7-6-15(23)13-22)20-12-16(17-5-4-14(2)25-17)21-8-10-24-11-9-21;/h4-5,15-16,23H,3,6-13H2,1-2H3,(H,19,20);1H/t15-,16?;/m1./s1. The zero-order valence-electron chi connectivity index (χ0n) is 15.7. The van der Waals surface area contributed by atoms with Crippen molar-refractivity contribution in [1.29, 1.82) is 0 Å². The summed E-state index contributed by atoms with van der Waals surface area (Å²) in [6.45, 7) is 10.2. The van der Waals surface area contributed by atoms with Gasteiger partial charge in [-0.2, -0.15) is 0 Å². The molecule has 2 fully saturated rings. The van der Waals surface area contributed by atoms with Crippen LogP contribution in [0.1, 0.15) is 30.9 Å². The second-order valence-electron chi connectivity index (χ2n) is 6.70. The number of furan rings is 1. The number of rotatable bonds is 5. The SMILES string of the molecule is CCNC(=NCC(c1ccc(C)o1)N1CCOCC1)N1CC[C@@H](O)C1.I. The number of ether oxygens (including phenoxy) is 1. The molecule has 3 heterocycles. The first-order chi connectivity index (χ1) is 12.2. The van der Waals surface area contributed by atoms with Crippen LogP contribution in [0.15, 0.2) is 21.5 Å². The van der Waals surface area contributed by atoms with Crippen LogP contribution in [-0.4, -0.2) is 79.5 Å². The molecule has 1 unspecified atom stereocenters. The molecule has 3 rings (SSSR count). The molecule has 0 bridgehead atoms. The zero-order chi connectivity index (χ0) is 17.6. The van der Waals surface area contributed by atoms with Gasteiger partial charge in [0.25, 0.3) is 0 Å². The summed E-state index contributed by atoms with van der Waals surface area (Å²) in [5.74, 6) is 2.76. The first-order valence-corrected chi connectivity index (χ1v) is 9.27. The van der Waals surface area contributed by atoms with E-state index in [1.165, 1.54) is 0 Å². The lowest BCUT2D eigenvalue weighted by Gasteiger charge is -2.33. The molecule has 0 saturated carbocycles. The summed E-state index contributed by atoms with van der Waals surface area (Å²) in [5, 5.41) is 13.2. The Morgan fingerprint density at radius 3 is 2.69 bits per heavy atom. The number of aliphatic hydroxyl groups excluding tert-OH is 1. The van der Waals surface area contributed by atoms with E-state index >= 15 is 0 Å². The van der Waals surface area contributed by atoms with Crippen molar-refractivity contribution >= 4 is 29.9 Å². The number of aliphatic imine (C=N–C) groups is 1. The van der Waals surface area contributed by atoms with Crippen molar-refractivity contribution < 1.29 is 14.3 Å². The van der Waals surface area contributed by atoms with Crippen LogP contribution < -0.4 is 5.32 Å². The Labute approximate surface area is 172 Å². The maximum Gasteiger partial charge on any atom is 0.194 e. The molecule has 2 N–H and O–H groups in total. The maximum atomic E-state index is 9.82. The van der Waals surface area contributed by atoms with Crippen molar-refractivity contribution in [3.05, 3.63) is 23.7 Å². The second kappa shape index (κ2) is 10.5. The number of aliphatic hydroxyl groups is 1. The summed E-state index contributed by atoms with van der Waals surface area (Å²) in [6, 6.07) is 4.17. The second-order valence-corrected chi connectivity index (χ2v) is 6.70. The number of likely N-dealkylation sites (tertiary alicyclic amines) is 1. The molecule has 0 aromatic carbocycles. The van der Waals surface area contributed by atoms with Gasteiger partial charge in [-0.1, -0.05) is 0 Å². The molecule has 2 aliphatic rings. The van der Waals surface area contributed by atoms with E-state index in [9.17, 15) is 5.11 Å². The number of hydrogen-bond acceptors (Lipinski definition) is 5. The lowest BCUT2D eigenvalue weighted by molar-refractivity contribution is 0.0135. The number of hydrogen-bond donors (Lipinski definition) is 2. The predicted octanol–water partition coefficient (Wildman–Crippen LogP) is 1.61. The molecule has 26 heavy (non-hydrogen) atoms. The molecule has 1 aromatic heterocycles. The molecule has 0 amide bonds. The quantitative estimate of drug-likeness (QED) is 0.381. The fourth-order valence-corrected chi connectivity index (χ4v) is 3.44. The fraction of sp³-hybridized carbons (Fsp3) is 0.722. The van der Waals surface area contributed by atoms with Crippen molar-refractivity contribution in [2.45, 2.75) is 32.4 Å². The lowest BCUT2D eigenvalue weighted by Crippen LogP contribution is -2.43. The fourth-order valence-electron chi connectivity index (χ4n) is 3.44. The van der Waals surface area contributed by atoms with Gasteiger partial charge in [0.1, 0.15) is 11.5 Å². The summed E-state index contributed by atoms with van der Waals surface area (Å²) in [6.07, 6.45) is 0.543. The number of guanidine groups is 1. The van der Waals surface area contributed by atoms with E-state index in [0.717, 1.165) is 63.3 Å². The van der Waals surface area contributed by atoms with E-state index in [2.05, 4.69) is 28.1 Å². The first-order valence-electron chi connectivity index (χ1n) is 9.27. The molecule has 0 radical (unpaired) electrons. The molecule has 7 nitrogen and oxygen atoms in total. The summed E-state index contributed by atoms with van der Waals surface area (Å²) in [4.78, 5) is 9.39. The Morgan fingerprint density at radius 2 is 2.12 bits per heavy atom. The molecule has 2 aliphatic heterocycles. The monoisotopic (exact) mass is 478 g/mol. The van der Waals surface area contributed by atoms with Crippen LogP contribution in [0.25, 0.3) is 0 Å². The van der Waals surface area contributed by atoms with E-state index in [1.54, 1.807) is 0 Å². The highest BCUT2D eigenvalue weighted by molar-refractivity contribution is 14.0. The number of morpholine rings is 1. The molecule has 1 aromatic rings. The Balaban J connectivity index is 0.00000243. The molecule has 148 valence electrons. The van der Waals surface area contributed by atoms with E-state index < -0.39 is 0 Å². The molecular weight excluding hydrogens is 447 g/mol. The normalized spacial score (nSPS) is 23.0. The van der Waals surface area contributed by atoms with Crippen molar-refractivity contribution in [3.8, 4) is 0 Å². The third-order valence-electron chi connectivity index (χ3n) is 4.79. The highest BCUT2D eigenvalue weighted by Gasteiger charge is 2.27. The van der Waals surface area contributed by atoms with Gasteiger partial charge in [-0.3, -0.25) is 9.89 Å². The third-order valence-corrected chi connectivity index (χ3v) is 4.79. The summed E-state index contributed by atoms with van der Waals surface area (Å²) >= 11 is 0. The molecule has 2 atom stereocenters. The minimum Gasteiger partial charge on any atom is -0.465 e. The van der Waals surface area contributed by atoms with Gasteiger partial charge in [-0.05, 0) is 32.4 Å². The summed E-state index contributed by atoms with van der Waals surface area (Å²) < 4.78 is 11.4.